The van der Waals surface area contributed by atoms with E-state index < -0.39 is 17.4 Å². The van der Waals surface area contributed by atoms with Crippen LogP contribution in [0, 0.1) is 17.0 Å². The summed E-state index contributed by atoms with van der Waals surface area (Å²) in [7, 11) is 0. The topological polar surface area (TPSA) is 95.3 Å². The number of nitro benzene ring substituents is 1. The molecule has 0 atom stereocenters. The largest absolute Gasteiger partial charge is 1.00 e. The van der Waals surface area contributed by atoms with E-state index in [-0.39, 0.29) is 40.9 Å². The van der Waals surface area contributed by atoms with Gasteiger partial charge in [-0.3, -0.25) is 10.1 Å². The summed E-state index contributed by atoms with van der Waals surface area (Å²) in [6.45, 7) is 1.11. The van der Waals surface area contributed by atoms with E-state index in [2.05, 4.69) is 5.32 Å². The minimum atomic E-state index is -1.36. The molecule has 1 aromatic carbocycles. The molecule has 6 nitrogen and oxygen atoms in total. The maximum atomic E-state index is 10.7. The molecule has 86 valence electrons. The number of nitro groups is 1. The van der Waals surface area contributed by atoms with Gasteiger partial charge >= 0.3 is 29.6 Å². The van der Waals surface area contributed by atoms with Crippen molar-refractivity contribution < 1.29 is 44.4 Å². The number of hydrogen-bond donors (Lipinski definition) is 1. The molecular formula is C9H8ClN2NaO4. The number of aliphatic carboxylic acids is 1. The number of hydrogen-bond acceptors (Lipinski definition) is 5. The molecule has 0 aromatic heterocycles. The van der Waals surface area contributed by atoms with E-state index in [0.29, 0.717) is 10.6 Å². The Hall–Kier alpha value is -0.820. The second-order valence-electron chi connectivity index (χ2n) is 3.10. The van der Waals surface area contributed by atoms with Gasteiger partial charge in [0.15, 0.2) is 0 Å². The summed E-state index contributed by atoms with van der Waals surface area (Å²) in [5.41, 5.74) is 0.389. The first kappa shape index (κ1) is 16.2. The molecule has 0 heterocycles. The van der Waals surface area contributed by atoms with E-state index in [0.717, 1.165) is 0 Å². The van der Waals surface area contributed by atoms with Crippen LogP contribution in [0.1, 0.15) is 5.56 Å². The zero-order valence-electron chi connectivity index (χ0n) is 9.32. The van der Waals surface area contributed by atoms with Gasteiger partial charge in [0.1, 0.15) is 5.69 Å². The Morgan fingerprint density at radius 3 is 2.59 bits per heavy atom. The first-order chi connectivity index (χ1) is 7.41. The van der Waals surface area contributed by atoms with Gasteiger partial charge in [-0.05, 0) is 18.6 Å². The van der Waals surface area contributed by atoms with Crippen LogP contribution in [0.3, 0.4) is 0 Å². The minimum Gasteiger partial charge on any atom is -0.548 e. The molecule has 0 aliphatic heterocycles. The number of carbonyl (C=O) groups is 1. The molecule has 0 saturated heterocycles. The molecule has 1 rings (SSSR count). The number of rotatable bonds is 4. The van der Waals surface area contributed by atoms with Crippen LogP contribution in [0.25, 0.3) is 0 Å². The van der Waals surface area contributed by atoms with Gasteiger partial charge in [-0.2, -0.15) is 0 Å². The van der Waals surface area contributed by atoms with Gasteiger partial charge in [-0.15, -0.1) is 0 Å². The van der Waals surface area contributed by atoms with E-state index in [4.69, 9.17) is 11.6 Å². The smallest absolute Gasteiger partial charge is 0.548 e. The molecule has 1 N–H and O–H groups in total. The average Bonchev–Trinajstić information content (AvgIpc) is 2.18. The summed E-state index contributed by atoms with van der Waals surface area (Å²) in [4.78, 5) is 20.3. The van der Waals surface area contributed by atoms with Crippen molar-refractivity contribution in [2.24, 2.45) is 0 Å². The van der Waals surface area contributed by atoms with Crippen LogP contribution < -0.4 is 40.0 Å². The van der Waals surface area contributed by atoms with Crippen molar-refractivity contribution in [3.05, 3.63) is 32.8 Å². The Bertz CT molecular complexity index is 453. The predicted octanol–water partition coefficient (Wildman–Crippen LogP) is -2.28. The molecule has 0 unspecified atom stereocenters. The van der Waals surface area contributed by atoms with Gasteiger partial charge in [0.25, 0.3) is 5.69 Å². The third kappa shape index (κ3) is 4.51. The molecular weight excluding hydrogens is 259 g/mol. The molecule has 1 aromatic rings. The SMILES string of the molecule is Cc1cc([N+](=O)[O-])c(NCC(=O)[O-])cc1Cl.[Na+]. The van der Waals surface area contributed by atoms with E-state index in [9.17, 15) is 20.0 Å². The quantitative estimate of drug-likeness (QED) is 0.376. The number of aryl methyl sites for hydroxylation is 1. The molecule has 0 spiro atoms. The monoisotopic (exact) mass is 266 g/mol. The number of halogens is 1. The number of nitrogens with zero attached hydrogens (tertiary/aromatic N) is 1. The second kappa shape index (κ2) is 6.80. The number of carboxylic acid groups (broad SMARTS) is 1. The second-order valence-corrected chi connectivity index (χ2v) is 3.51. The van der Waals surface area contributed by atoms with Crippen LogP contribution in [0.15, 0.2) is 12.1 Å². The Balaban J connectivity index is 0.00000256. The number of anilines is 1. The van der Waals surface area contributed by atoms with Crippen LogP contribution >= 0.6 is 11.6 Å². The van der Waals surface area contributed by atoms with Crippen LogP contribution in [0.4, 0.5) is 11.4 Å². The normalized spacial score (nSPS) is 9.29. The van der Waals surface area contributed by atoms with Crippen molar-refractivity contribution >= 4 is 28.9 Å². The average molecular weight is 267 g/mol. The fraction of sp³-hybridized carbons (Fsp3) is 0.222. The number of benzene rings is 1. The fourth-order valence-corrected chi connectivity index (χ4v) is 1.29. The van der Waals surface area contributed by atoms with Crippen molar-refractivity contribution in [3.8, 4) is 0 Å². The molecule has 0 radical (unpaired) electrons. The molecule has 0 saturated carbocycles. The van der Waals surface area contributed by atoms with E-state index >= 15 is 0 Å². The van der Waals surface area contributed by atoms with Gasteiger partial charge in [-0.1, -0.05) is 11.6 Å². The molecule has 8 heteroatoms. The summed E-state index contributed by atoms with van der Waals surface area (Å²) >= 11 is 5.78. The Morgan fingerprint density at radius 2 is 2.12 bits per heavy atom. The first-order valence-corrected chi connectivity index (χ1v) is 4.68. The molecule has 0 amide bonds. The summed E-state index contributed by atoms with van der Waals surface area (Å²) in [6, 6.07) is 2.60. The van der Waals surface area contributed by atoms with Gasteiger partial charge in [0.05, 0.1) is 17.4 Å². The number of nitrogens with one attached hydrogen (secondary N) is 1. The van der Waals surface area contributed by atoms with Crippen molar-refractivity contribution in [2.45, 2.75) is 6.92 Å². The molecule has 17 heavy (non-hydrogen) atoms. The number of carboxylic acids is 1. The van der Waals surface area contributed by atoms with E-state index in [1.165, 1.54) is 12.1 Å². The van der Waals surface area contributed by atoms with Gasteiger partial charge in [0.2, 0.25) is 0 Å². The van der Waals surface area contributed by atoms with Gasteiger partial charge in [0, 0.05) is 11.1 Å². The summed E-state index contributed by atoms with van der Waals surface area (Å²) in [5.74, 6) is -1.36. The minimum absolute atomic E-state index is 0. The van der Waals surface area contributed by atoms with Crippen LogP contribution in [-0.4, -0.2) is 17.4 Å². The summed E-state index contributed by atoms with van der Waals surface area (Å²) < 4.78 is 0. The van der Waals surface area contributed by atoms with Crippen molar-refractivity contribution in [2.75, 3.05) is 11.9 Å². The molecule has 0 aliphatic rings. The van der Waals surface area contributed by atoms with Gasteiger partial charge in [-0.25, -0.2) is 0 Å². The Labute approximate surface area is 124 Å². The zero-order chi connectivity index (χ0) is 12.3. The third-order valence-corrected chi connectivity index (χ3v) is 2.30. The maximum absolute atomic E-state index is 10.7. The Morgan fingerprint density at radius 1 is 1.53 bits per heavy atom. The molecule has 0 aliphatic carbocycles. The summed E-state index contributed by atoms with van der Waals surface area (Å²) in [6.07, 6.45) is 0. The summed E-state index contributed by atoms with van der Waals surface area (Å²) in [5, 5.41) is 23.6. The molecule has 0 bridgehead atoms. The fourth-order valence-electron chi connectivity index (χ4n) is 1.13. The number of carbonyl (C=O) groups excluding carboxylic acids is 1. The van der Waals surface area contributed by atoms with E-state index in [1.807, 2.05) is 0 Å². The predicted molar refractivity (Wildman–Crippen MR) is 56.3 cm³/mol. The zero-order valence-corrected chi connectivity index (χ0v) is 12.1. The standard InChI is InChI=1S/C9H9ClN2O4.Na/c1-5-2-8(12(15)16)7(3-6(5)10)11-4-9(13)14;/h2-3,11H,4H2,1H3,(H,13,14);/q;+1/p-1. The van der Waals surface area contributed by atoms with Crippen LogP contribution in [0.2, 0.25) is 5.02 Å². The molecule has 0 fully saturated rings. The third-order valence-electron chi connectivity index (χ3n) is 1.90. The van der Waals surface area contributed by atoms with Gasteiger partial charge < -0.3 is 15.2 Å². The van der Waals surface area contributed by atoms with Crippen LogP contribution in [-0.2, 0) is 4.79 Å². The Kier molecular flexibility index (Phi) is 6.48. The maximum Gasteiger partial charge on any atom is 1.00 e. The van der Waals surface area contributed by atoms with Crippen molar-refractivity contribution in [1.29, 1.82) is 0 Å². The first-order valence-electron chi connectivity index (χ1n) is 4.30. The van der Waals surface area contributed by atoms with Crippen LogP contribution in [0.5, 0.6) is 0 Å². The van der Waals surface area contributed by atoms with Crippen molar-refractivity contribution in [3.63, 3.8) is 0 Å². The van der Waals surface area contributed by atoms with E-state index in [1.54, 1.807) is 6.92 Å². The van der Waals surface area contributed by atoms with Crippen molar-refractivity contribution in [1.82, 2.24) is 0 Å².